The second-order valence-electron chi connectivity index (χ2n) is 5.96. The minimum absolute atomic E-state index is 0.215. The molecule has 1 atom stereocenters. The Morgan fingerprint density at radius 1 is 1.00 bits per heavy atom. The maximum Gasteiger partial charge on any atom is 0.0748 e. The smallest absolute Gasteiger partial charge is 0.0748 e. The van der Waals surface area contributed by atoms with Crippen LogP contribution in [0.5, 0.6) is 0 Å². The first-order valence-corrected chi connectivity index (χ1v) is 8.37. The van der Waals surface area contributed by atoms with Crippen molar-refractivity contribution in [3.05, 3.63) is 70.8 Å². The Morgan fingerprint density at radius 3 is 2.45 bits per heavy atom. The zero-order chi connectivity index (χ0) is 15.4. The average molecular weight is 293 g/mol. The van der Waals surface area contributed by atoms with Crippen LogP contribution in [-0.4, -0.2) is 24.5 Å². The van der Waals surface area contributed by atoms with Gasteiger partial charge in [-0.25, -0.2) is 5.32 Å². The van der Waals surface area contributed by atoms with Crippen LogP contribution in [-0.2, 0) is 13.0 Å². The van der Waals surface area contributed by atoms with Gasteiger partial charge in [-0.2, -0.15) is 0 Å². The number of nitrogens with zero attached hydrogens (tertiary/aromatic N) is 2. The van der Waals surface area contributed by atoms with Crippen LogP contribution in [0, 0.1) is 0 Å². The van der Waals surface area contributed by atoms with Gasteiger partial charge >= 0.3 is 0 Å². The summed E-state index contributed by atoms with van der Waals surface area (Å²) in [5.41, 5.74) is 5.53. The Bertz CT molecular complexity index is 599. The molecule has 22 heavy (non-hydrogen) atoms. The van der Waals surface area contributed by atoms with Gasteiger partial charge in [0.15, 0.2) is 0 Å². The largest absolute Gasteiger partial charge is 0.300 e. The van der Waals surface area contributed by atoms with Crippen LogP contribution in [0.25, 0.3) is 0 Å². The maximum atomic E-state index is 4.85. The van der Waals surface area contributed by atoms with Crippen LogP contribution in [0.1, 0.15) is 42.1 Å². The fourth-order valence-corrected chi connectivity index (χ4v) is 3.24. The third-order valence-electron chi connectivity index (χ3n) is 4.64. The molecule has 2 aromatic rings. The molecule has 115 valence electrons. The van der Waals surface area contributed by atoms with E-state index in [0.717, 1.165) is 32.6 Å². The summed E-state index contributed by atoms with van der Waals surface area (Å²) in [6, 6.07) is 18.0. The highest BCUT2D eigenvalue weighted by Crippen LogP contribution is 2.29. The molecule has 2 aromatic carbocycles. The molecular weight excluding hydrogens is 268 g/mol. The lowest BCUT2D eigenvalue weighted by molar-refractivity contribution is 0.296. The third kappa shape index (κ3) is 3.23. The van der Waals surface area contributed by atoms with Crippen LogP contribution < -0.4 is 5.32 Å². The van der Waals surface area contributed by atoms with E-state index in [9.17, 15) is 0 Å². The van der Waals surface area contributed by atoms with Gasteiger partial charge in [0.1, 0.15) is 0 Å². The second-order valence-corrected chi connectivity index (χ2v) is 5.96. The zero-order valence-corrected chi connectivity index (χ0v) is 13.6. The third-order valence-corrected chi connectivity index (χ3v) is 4.64. The van der Waals surface area contributed by atoms with E-state index in [1.807, 2.05) is 0 Å². The lowest BCUT2D eigenvalue weighted by atomic mass is 9.89. The predicted molar refractivity (Wildman–Crippen MR) is 92.1 cm³/mol. The first-order valence-electron chi connectivity index (χ1n) is 8.37. The molecule has 0 bridgehead atoms. The predicted octanol–water partition coefficient (Wildman–Crippen LogP) is 3.78. The van der Waals surface area contributed by atoms with Crippen LogP contribution in [0.3, 0.4) is 0 Å². The molecule has 2 heteroatoms. The van der Waals surface area contributed by atoms with E-state index < -0.39 is 0 Å². The van der Waals surface area contributed by atoms with Crippen molar-refractivity contribution in [2.24, 2.45) is 0 Å². The summed E-state index contributed by atoms with van der Waals surface area (Å²) in [7, 11) is 0. The molecule has 0 amide bonds. The molecular formula is C20H25N2. The van der Waals surface area contributed by atoms with Gasteiger partial charge in [-0.05, 0) is 41.8 Å². The van der Waals surface area contributed by atoms with Gasteiger partial charge in [-0.3, -0.25) is 4.90 Å². The molecule has 0 N–H and O–H groups in total. The molecule has 3 rings (SSSR count). The van der Waals surface area contributed by atoms with Crippen LogP contribution in [0.4, 0.5) is 0 Å². The molecule has 1 aliphatic rings. The molecule has 0 aromatic heterocycles. The minimum Gasteiger partial charge on any atom is -0.300 e. The van der Waals surface area contributed by atoms with Gasteiger partial charge in [0.2, 0.25) is 0 Å². The Balaban J connectivity index is 1.79. The maximum absolute atomic E-state index is 4.85. The van der Waals surface area contributed by atoms with Crippen molar-refractivity contribution in [1.82, 2.24) is 10.2 Å². The standard InChI is InChI=1S/C20H25N2/c1-3-22(4-2)15-16-9-11-18(12-10-16)20-19-8-6-5-7-17(19)13-14-21-20/h5-12,20H,3-4,13-15H2,1-2H3. The molecule has 1 aliphatic heterocycles. The Morgan fingerprint density at radius 2 is 1.73 bits per heavy atom. The minimum atomic E-state index is 0.215. The van der Waals surface area contributed by atoms with Crippen molar-refractivity contribution in [3.63, 3.8) is 0 Å². The number of rotatable bonds is 5. The molecule has 0 spiro atoms. The Labute approximate surface area is 134 Å². The highest BCUT2D eigenvalue weighted by atomic mass is 15.1. The Kier molecular flexibility index (Phi) is 4.91. The first-order chi connectivity index (χ1) is 10.8. The number of fused-ring (bicyclic) bond motifs is 1. The summed E-state index contributed by atoms with van der Waals surface area (Å²) < 4.78 is 0. The summed E-state index contributed by atoms with van der Waals surface area (Å²) >= 11 is 0. The number of hydrogen-bond acceptors (Lipinski definition) is 1. The van der Waals surface area contributed by atoms with Gasteiger partial charge < -0.3 is 0 Å². The summed E-state index contributed by atoms with van der Waals surface area (Å²) in [5, 5.41) is 4.85. The monoisotopic (exact) mass is 293 g/mol. The second kappa shape index (κ2) is 7.08. The lowest BCUT2D eigenvalue weighted by Gasteiger charge is -2.26. The molecule has 1 unspecified atom stereocenters. The van der Waals surface area contributed by atoms with Crippen molar-refractivity contribution in [3.8, 4) is 0 Å². The summed E-state index contributed by atoms with van der Waals surface area (Å²) in [6.45, 7) is 8.60. The zero-order valence-electron chi connectivity index (χ0n) is 13.6. The number of benzene rings is 2. The van der Waals surface area contributed by atoms with Gasteiger partial charge in [-0.1, -0.05) is 62.4 Å². The molecule has 0 fully saturated rings. The fourth-order valence-electron chi connectivity index (χ4n) is 3.24. The molecule has 0 saturated carbocycles. The average Bonchev–Trinajstić information content (AvgIpc) is 2.60. The van der Waals surface area contributed by atoms with Crippen molar-refractivity contribution < 1.29 is 0 Å². The van der Waals surface area contributed by atoms with E-state index in [2.05, 4.69) is 67.3 Å². The first kappa shape index (κ1) is 15.3. The molecule has 0 saturated heterocycles. The van der Waals surface area contributed by atoms with E-state index in [-0.39, 0.29) is 6.04 Å². The SMILES string of the molecule is CCN(CC)Cc1ccc(C2[N]CCc3ccccc32)cc1. The summed E-state index contributed by atoms with van der Waals surface area (Å²) in [5.74, 6) is 0. The van der Waals surface area contributed by atoms with Crippen molar-refractivity contribution in [2.75, 3.05) is 19.6 Å². The Hall–Kier alpha value is -1.64. The van der Waals surface area contributed by atoms with Crippen LogP contribution in [0.15, 0.2) is 48.5 Å². The van der Waals surface area contributed by atoms with Gasteiger partial charge in [-0.15, -0.1) is 0 Å². The highest BCUT2D eigenvalue weighted by Gasteiger charge is 2.21. The molecule has 0 aliphatic carbocycles. The van der Waals surface area contributed by atoms with E-state index in [1.54, 1.807) is 0 Å². The normalized spacial score (nSPS) is 17.5. The van der Waals surface area contributed by atoms with E-state index in [0.29, 0.717) is 0 Å². The van der Waals surface area contributed by atoms with E-state index in [1.165, 1.54) is 22.3 Å². The van der Waals surface area contributed by atoms with Crippen LogP contribution >= 0.6 is 0 Å². The van der Waals surface area contributed by atoms with E-state index >= 15 is 0 Å². The van der Waals surface area contributed by atoms with Gasteiger partial charge in [0.05, 0.1) is 6.04 Å². The topological polar surface area (TPSA) is 17.3 Å². The van der Waals surface area contributed by atoms with Crippen molar-refractivity contribution in [1.29, 1.82) is 0 Å². The molecule has 1 radical (unpaired) electrons. The van der Waals surface area contributed by atoms with Crippen molar-refractivity contribution >= 4 is 0 Å². The summed E-state index contributed by atoms with van der Waals surface area (Å²) in [4.78, 5) is 2.44. The van der Waals surface area contributed by atoms with Crippen molar-refractivity contribution in [2.45, 2.75) is 32.9 Å². The van der Waals surface area contributed by atoms with E-state index in [4.69, 9.17) is 5.32 Å². The lowest BCUT2D eigenvalue weighted by Crippen LogP contribution is -2.25. The fraction of sp³-hybridized carbons (Fsp3) is 0.400. The molecule has 1 heterocycles. The number of hydrogen-bond donors (Lipinski definition) is 0. The highest BCUT2D eigenvalue weighted by molar-refractivity contribution is 5.40. The van der Waals surface area contributed by atoms with Gasteiger partial charge in [0, 0.05) is 13.1 Å². The van der Waals surface area contributed by atoms with Crippen LogP contribution in [0.2, 0.25) is 0 Å². The van der Waals surface area contributed by atoms with Gasteiger partial charge in [0.25, 0.3) is 0 Å². The quantitative estimate of drug-likeness (QED) is 0.820. The molecule has 2 nitrogen and oxygen atoms in total. The summed E-state index contributed by atoms with van der Waals surface area (Å²) in [6.07, 6.45) is 1.08.